The van der Waals surface area contributed by atoms with Crippen LogP contribution in [0.4, 0.5) is 0 Å². The Bertz CT molecular complexity index is 1160. The maximum atomic E-state index is 12.2. The maximum Gasteiger partial charge on any atom is 0.417 e. The lowest BCUT2D eigenvalue weighted by atomic mass is 10.1. The van der Waals surface area contributed by atoms with Crippen LogP contribution in [0.5, 0.6) is 5.75 Å². The van der Waals surface area contributed by atoms with Gasteiger partial charge >= 0.3 is 5.76 Å². The van der Waals surface area contributed by atoms with E-state index in [4.69, 9.17) is 9.15 Å². The number of carbonyl (C=O) groups is 1. The number of aromatic nitrogens is 2. The fraction of sp³-hybridized carbons (Fsp3) is 0.105. The van der Waals surface area contributed by atoms with Crippen LogP contribution in [0.1, 0.15) is 15.4 Å². The highest BCUT2D eigenvalue weighted by atomic mass is 32.1. The van der Waals surface area contributed by atoms with Crippen molar-refractivity contribution in [2.75, 3.05) is 7.11 Å². The molecule has 2 aromatic heterocycles. The van der Waals surface area contributed by atoms with Gasteiger partial charge in [0.05, 0.1) is 24.9 Å². The third kappa shape index (κ3) is 3.61. The number of H-pyrrole nitrogens is 1. The summed E-state index contributed by atoms with van der Waals surface area (Å²) in [5, 5.41) is 5.54. The lowest BCUT2D eigenvalue weighted by Crippen LogP contribution is -2.22. The molecule has 0 radical (unpaired) electrons. The molecule has 8 heteroatoms. The number of rotatable bonds is 5. The average Bonchev–Trinajstić information content (AvgIpc) is 3.31. The monoisotopic (exact) mass is 381 g/mol. The van der Waals surface area contributed by atoms with E-state index in [1.165, 1.54) is 11.3 Å². The summed E-state index contributed by atoms with van der Waals surface area (Å²) < 4.78 is 10.2. The van der Waals surface area contributed by atoms with Crippen molar-refractivity contribution >= 4 is 28.3 Å². The molecule has 0 aliphatic carbocycles. The number of thiazole rings is 1. The number of nitrogens with zero attached hydrogens (tertiary/aromatic N) is 1. The molecule has 2 N–H and O–H groups in total. The van der Waals surface area contributed by atoms with Gasteiger partial charge in [-0.1, -0.05) is 6.07 Å². The van der Waals surface area contributed by atoms with Gasteiger partial charge in [-0.25, -0.2) is 9.78 Å². The van der Waals surface area contributed by atoms with Crippen molar-refractivity contribution in [1.82, 2.24) is 15.3 Å². The Hall–Kier alpha value is -3.39. The highest BCUT2D eigenvalue weighted by molar-refractivity contribution is 7.09. The minimum Gasteiger partial charge on any atom is -0.497 e. The van der Waals surface area contributed by atoms with Crippen molar-refractivity contribution in [3.05, 3.63) is 69.0 Å². The van der Waals surface area contributed by atoms with Gasteiger partial charge in [0, 0.05) is 16.5 Å². The highest BCUT2D eigenvalue weighted by Gasteiger charge is 2.10. The van der Waals surface area contributed by atoms with E-state index in [0.29, 0.717) is 29.0 Å². The molecule has 0 saturated heterocycles. The van der Waals surface area contributed by atoms with Crippen molar-refractivity contribution in [2.45, 2.75) is 6.54 Å². The van der Waals surface area contributed by atoms with E-state index >= 15 is 0 Å². The number of oxazole rings is 1. The number of fused-ring (bicyclic) bond motifs is 1. The summed E-state index contributed by atoms with van der Waals surface area (Å²) in [5.41, 5.74) is 3.29. The molecule has 4 rings (SSSR count). The van der Waals surface area contributed by atoms with Crippen molar-refractivity contribution in [3.8, 4) is 17.0 Å². The van der Waals surface area contributed by atoms with E-state index in [9.17, 15) is 9.59 Å². The Morgan fingerprint density at radius 1 is 1.26 bits per heavy atom. The lowest BCUT2D eigenvalue weighted by molar-refractivity contribution is 0.0951. The molecule has 0 aliphatic heterocycles. The van der Waals surface area contributed by atoms with Crippen molar-refractivity contribution in [1.29, 1.82) is 0 Å². The number of aromatic amines is 1. The summed E-state index contributed by atoms with van der Waals surface area (Å²) in [5.74, 6) is 0.0404. The fourth-order valence-electron chi connectivity index (χ4n) is 2.63. The molecule has 0 unspecified atom stereocenters. The molecule has 0 bridgehead atoms. The number of methoxy groups -OCH3 is 1. The molecule has 4 aromatic rings. The van der Waals surface area contributed by atoms with Gasteiger partial charge in [0.2, 0.25) is 0 Å². The minimum absolute atomic E-state index is 0.176. The molecule has 0 spiro atoms. The van der Waals surface area contributed by atoms with Gasteiger partial charge < -0.3 is 14.5 Å². The Labute approximate surface area is 157 Å². The van der Waals surface area contributed by atoms with Gasteiger partial charge in [-0.2, -0.15) is 0 Å². The normalized spacial score (nSPS) is 10.9. The maximum absolute atomic E-state index is 12.2. The summed E-state index contributed by atoms with van der Waals surface area (Å²) in [4.78, 5) is 30.6. The molecule has 2 aromatic carbocycles. The fourth-order valence-corrected chi connectivity index (χ4v) is 3.37. The summed E-state index contributed by atoms with van der Waals surface area (Å²) in [6, 6.07) is 12.3. The first-order valence-corrected chi connectivity index (χ1v) is 9.00. The second kappa shape index (κ2) is 7.08. The second-order valence-electron chi connectivity index (χ2n) is 5.76. The van der Waals surface area contributed by atoms with Crippen LogP contribution in [0, 0.1) is 0 Å². The molecule has 0 atom stereocenters. The quantitative estimate of drug-likeness (QED) is 0.553. The molecule has 27 heavy (non-hydrogen) atoms. The lowest BCUT2D eigenvalue weighted by Gasteiger charge is -2.04. The van der Waals surface area contributed by atoms with E-state index in [2.05, 4.69) is 15.3 Å². The van der Waals surface area contributed by atoms with Crippen molar-refractivity contribution in [2.24, 2.45) is 0 Å². The molecule has 136 valence electrons. The largest absolute Gasteiger partial charge is 0.497 e. The van der Waals surface area contributed by atoms with Gasteiger partial charge in [-0.15, -0.1) is 11.3 Å². The topological polar surface area (TPSA) is 97.2 Å². The molecular formula is C19H15N3O4S. The number of hydrogen-bond acceptors (Lipinski definition) is 6. The summed E-state index contributed by atoms with van der Waals surface area (Å²) >= 11 is 1.45. The third-order valence-electron chi connectivity index (χ3n) is 4.02. The number of ether oxygens (including phenoxy) is 1. The van der Waals surface area contributed by atoms with Gasteiger partial charge in [0.15, 0.2) is 5.58 Å². The molecule has 1 amide bonds. The van der Waals surface area contributed by atoms with Crippen LogP contribution in [0.25, 0.3) is 22.4 Å². The Morgan fingerprint density at radius 3 is 2.85 bits per heavy atom. The number of hydrogen-bond donors (Lipinski definition) is 2. The molecule has 7 nitrogen and oxygen atoms in total. The number of nitrogens with one attached hydrogen (secondary N) is 2. The zero-order valence-corrected chi connectivity index (χ0v) is 15.1. The average molecular weight is 381 g/mol. The molecule has 0 saturated carbocycles. The van der Waals surface area contributed by atoms with Crippen molar-refractivity contribution < 1.29 is 13.9 Å². The van der Waals surface area contributed by atoms with Gasteiger partial charge in [0.1, 0.15) is 10.8 Å². The Kier molecular flexibility index (Phi) is 4.47. The van der Waals surface area contributed by atoms with Gasteiger partial charge in [-0.3, -0.25) is 9.78 Å². The van der Waals surface area contributed by atoms with Crippen LogP contribution < -0.4 is 15.8 Å². The van der Waals surface area contributed by atoms with Crippen LogP contribution in [0.2, 0.25) is 0 Å². The van der Waals surface area contributed by atoms with Crippen molar-refractivity contribution in [3.63, 3.8) is 0 Å². The summed E-state index contributed by atoms with van der Waals surface area (Å²) in [6.07, 6.45) is 0. The van der Waals surface area contributed by atoms with Gasteiger partial charge in [-0.05, 0) is 36.4 Å². The Balaban J connectivity index is 1.45. The smallest absolute Gasteiger partial charge is 0.417 e. The third-order valence-corrected chi connectivity index (χ3v) is 4.87. The predicted octanol–water partition coefficient (Wildman–Crippen LogP) is 3.18. The SMILES string of the molecule is COc1ccc(C(=O)NCc2nc(-c3ccc4[nH]c(=O)oc4c3)cs2)cc1. The van der Waals surface area contributed by atoms with E-state index in [1.54, 1.807) is 43.5 Å². The van der Waals surface area contributed by atoms with Crippen LogP contribution in [-0.4, -0.2) is 23.0 Å². The first-order chi connectivity index (χ1) is 13.1. The standard InChI is InChI=1S/C19H15N3O4S/c1-25-13-5-2-11(3-6-13)18(23)20-9-17-21-15(10-27-17)12-4-7-14-16(8-12)26-19(24)22-14/h2-8,10H,9H2,1H3,(H,20,23)(H,22,24). The zero-order chi connectivity index (χ0) is 18.8. The number of carbonyl (C=O) groups excluding carboxylic acids is 1. The van der Waals surface area contributed by atoms with Crippen LogP contribution in [0.3, 0.4) is 0 Å². The highest BCUT2D eigenvalue weighted by Crippen LogP contribution is 2.25. The summed E-state index contributed by atoms with van der Waals surface area (Å²) in [7, 11) is 1.58. The van der Waals surface area contributed by atoms with E-state index in [-0.39, 0.29) is 5.91 Å². The van der Waals surface area contributed by atoms with Gasteiger partial charge in [0.25, 0.3) is 5.91 Å². The molecule has 0 fully saturated rings. The number of amides is 1. The zero-order valence-electron chi connectivity index (χ0n) is 14.3. The minimum atomic E-state index is -0.484. The first-order valence-electron chi connectivity index (χ1n) is 8.12. The summed E-state index contributed by atoms with van der Waals surface area (Å²) in [6.45, 7) is 0.330. The van der Waals surface area contributed by atoms with Crippen LogP contribution in [0.15, 0.2) is 57.1 Å². The van der Waals surface area contributed by atoms with E-state index in [0.717, 1.165) is 16.3 Å². The molecule has 2 heterocycles. The molecular weight excluding hydrogens is 366 g/mol. The van der Waals surface area contributed by atoms with Crippen LogP contribution >= 0.6 is 11.3 Å². The van der Waals surface area contributed by atoms with E-state index < -0.39 is 5.76 Å². The Morgan fingerprint density at radius 2 is 2.07 bits per heavy atom. The van der Waals surface area contributed by atoms with E-state index in [1.807, 2.05) is 11.4 Å². The molecule has 0 aliphatic rings. The van der Waals surface area contributed by atoms with Crippen LogP contribution in [-0.2, 0) is 6.54 Å². The second-order valence-corrected chi connectivity index (χ2v) is 6.71. The number of benzene rings is 2. The predicted molar refractivity (Wildman–Crippen MR) is 102 cm³/mol. The first kappa shape index (κ1) is 17.0.